The van der Waals surface area contributed by atoms with Crippen LogP contribution >= 0.6 is 11.3 Å². The van der Waals surface area contributed by atoms with Crippen LogP contribution in [0.5, 0.6) is 0 Å². The van der Waals surface area contributed by atoms with Crippen LogP contribution in [-0.4, -0.2) is 21.8 Å². The van der Waals surface area contributed by atoms with Crippen LogP contribution in [-0.2, 0) is 7.05 Å². The number of nitrogens with zero attached hydrogens (tertiary/aromatic N) is 3. The van der Waals surface area contributed by atoms with Crippen molar-refractivity contribution in [2.24, 2.45) is 7.05 Å². The minimum Gasteiger partial charge on any atom is -0.365 e. The number of nitrogens with one attached hydrogen (secondary N) is 1. The Bertz CT molecular complexity index is 531. The molecule has 0 saturated heterocycles. The van der Waals surface area contributed by atoms with Crippen molar-refractivity contribution in [3.8, 4) is 11.4 Å². The summed E-state index contributed by atoms with van der Waals surface area (Å²) in [5.41, 5.74) is 1.36. The summed E-state index contributed by atoms with van der Waals surface area (Å²) >= 11 is 1.50. The molecule has 78 valence electrons. The highest BCUT2D eigenvalue weighted by Crippen LogP contribution is 2.21. The Hall–Kier alpha value is -1.69. The largest absolute Gasteiger partial charge is 0.365 e. The van der Waals surface area contributed by atoms with E-state index in [9.17, 15) is 4.79 Å². The molecule has 0 saturated carbocycles. The molecule has 0 radical (unpaired) electrons. The molecule has 0 aliphatic heterocycles. The number of hydrogen-bond donors (Lipinski definition) is 1. The lowest BCUT2D eigenvalue weighted by atomic mass is 10.3. The Labute approximate surface area is 90.4 Å². The zero-order chi connectivity index (χ0) is 10.8. The van der Waals surface area contributed by atoms with Crippen molar-refractivity contribution < 1.29 is 0 Å². The van der Waals surface area contributed by atoms with Crippen molar-refractivity contribution in [1.29, 1.82) is 0 Å². The van der Waals surface area contributed by atoms with E-state index in [-0.39, 0.29) is 5.56 Å². The molecule has 2 aromatic heterocycles. The van der Waals surface area contributed by atoms with E-state index in [0.29, 0.717) is 5.69 Å². The first-order valence-corrected chi connectivity index (χ1v) is 5.26. The number of aryl methyl sites for hydroxylation is 1. The van der Waals surface area contributed by atoms with E-state index in [4.69, 9.17) is 0 Å². The van der Waals surface area contributed by atoms with Gasteiger partial charge in [0.15, 0.2) is 5.13 Å². The molecule has 0 amide bonds. The van der Waals surface area contributed by atoms with Crippen molar-refractivity contribution in [1.82, 2.24) is 14.8 Å². The molecule has 1 N–H and O–H groups in total. The summed E-state index contributed by atoms with van der Waals surface area (Å²) in [6, 6.07) is 3.16. The second-order valence-electron chi connectivity index (χ2n) is 2.97. The molecule has 0 unspecified atom stereocenters. The zero-order valence-electron chi connectivity index (χ0n) is 8.39. The number of hydrogen-bond acceptors (Lipinski definition) is 5. The molecule has 6 heteroatoms. The Morgan fingerprint density at radius 1 is 1.40 bits per heavy atom. The first-order valence-electron chi connectivity index (χ1n) is 4.38. The molecule has 15 heavy (non-hydrogen) atoms. The van der Waals surface area contributed by atoms with Gasteiger partial charge >= 0.3 is 0 Å². The van der Waals surface area contributed by atoms with Crippen LogP contribution in [0.2, 0.25) is 0 Å². The monoisotopic (exact) mass is 222 g/mol. The number of anilines is 1. The molecule has 0 aromatic carbocycles. The van der Waals surface area contributed by atoms with Gasteiger partial charge in [-0.1, -0.05) is 0 Å². The molecule has 2 aromatic rings. The predicted molar refractivity (Wildman–Crippen MR) is 60.1 cm³/mol. The fraction of sp³-hybridized carbons (Fsp3) is 0.222. The molecular weight excluding hydrogens is 212 g/mol. The molecule has 5 nitrogen and oxygen atoms in total. The fourth-order valence-electron chi connectivity index (χ4n) is 1.15. The summed E-state index contributed by atoms with van der Waals surface area (Å²) in [7, 11) is 3.44. The molecule has 0 atom stereocenters. The van der Waals surface area contributed by atoms with Crippen LogP contribution in [0, 0.1) is 0 Å². The molecule has 0 aliphatic carbocycles. The third-order valence-electron chi connectivity index (χ3n) is 1.94. The second-order valence-corrected chi connectivity index (χ2v) is 3.83. The zero-order valence-corrected chi connectivity index (χ0v) is 9.21. The van der Waals surface area contributed by atoms with Crippen molar-refractivity contribution in [2.75, 3.05) is 12.4 Å². The summed E-state index contributed by atoms with van der Waals surface area (Å²) in [4.78, 5) is 15.4. The summed E-state index contributed by atoms with van der Waals surface area (Å²) < 4.78 is 1.30. The lowest BCUT2D eigenvalue weighted by Crippen LogP contribution is -2.18. The number of rotatable bonds is 2. The minimum absolute atomic E-state index is 0.122. The van der Waals surface area contributed by atoms with Crippen LogP contribution in [0.15, 0.2) is 22.3 Å². The summed E-state index contributed by atoms with van der Waals surface area (Å²) in [6.07, 6.45) is 0. The van der Waals surface area contributed by atoms with E-state index in [1.54, 1.807) is 13.1 Å². The molecule has 0 aliphatic rings. The summed E-state index contributed by atoms with van der Waals surface area (Å²) in [6.45, 7) is 0. The number of aromatic nitrogens is 3. The highest BCUT2D eigenvalue weighted by Gasteiger charge is 2.05. The van der Waals surface area contributed by atoms with Crippen LogP contribution in [0.1, 0.15) is 0 Å². The van der Waals surface area contributed by atoms with Crippen molar-refractivity contribution >= 4 is 16.5 Å². The molecule has 0 bridgehead atoms. The van der Waals surface area contributed by atoms with Crippen LogP contribution in [0.4, 0.5) is 5.13 Å². The Morgan fingerprint density at radius 3 is 2.80 bits per heavy atom. The molecule has 2 heterocycles. The molecule has 0 fully saturated rings. The first-order chi connectivity index (χ1) is 7.20. The second kappa shape index (κ2) is 3.82. The summed E-state index contributed by atoms with van der Waals surface area (Å²) in [5.74, 6) is 0. The Morgan fingerprint density at radius 2 is 2.20 bits per heavy atom. The minimum atomic E-state index is -0.122. The van der Waals surface area contributed by atoms with Gasteiger partial charge in [-0.25, -0.2) is 9.67 Å². The van der Waals surface area contributed by atoms with Gasteiger partial charge in [0.25, 0.3) is 5.56 Å². The van der Waals surface area contributed by atoms with Gasteiger partial charge in [-0.15, -0.1) is 11.3 Å². The first kappa shape index (κ1) is 9.85. The van der Waals surface area contributed by atoms with Crippen molar-refractivity contribution in [2.45, 2.75) is 0 Å². The van der Waals surface area contributed by atoms with Gasteiger partial charge in [-0.05, 0) is 6.07 Å². The van der Waals surface area contributed by atoms with Crippen LogP contribution < -0.4 is 10.9 Å². The standard InChI is InChI=1S/C9H10N4OS/c1-10-9-11-7(5-15-9)6-3-4-8(14)13(2)12-6/h3-5H,1-2H3,(H,10,11). The normalized spacial score (nSPS) is 10.3. The highest BCUT2D eigenvalue weighted by molar-refractivity contribution is 7.14. The predicted octanol–water partition coefficient (Wildman–Crippen LogP) is 0.946. The van der Waals surface area contributed by atoms with Crippen molar-refractivity contribution in [3.05, 3.63) is 27.9 Å². The SMILES string of the molecule is CNc1nc(-c2ccc(=O)n(C)n2)cs1. The van der Waals surface area contributed by atoms with Gasteiger partial charge in [0.1, 0.15) is 11.4 Å². The molecule has 2 rings (SSSR count). The maximum atomic E-state index is 11.1. The third-order valence-corrected chi connectivity index (χ3v) is 2.80. The lowest BCUT2D eigenvalue weighted by molar-refractivity contribution is 0.711. The Kier molecular flexibility index (Phi) is 2.51. The average Bonchev–Trinajstić information content (AvgIpc) is 2.70. The van der Waals surface area contributed by atoms with E-state index in [2.05, 4.69) is 15.4 Å². The molecule has 0 spiro atoms. The van der Waals surface area contributed by atoms with Gasteiger partial charge in [-0.2, -0.15) is 5.10 Å². The van der Waals surface area contributed by atoms with Gasteiger partial charge in [-0.3, -0.25) is 4.79 Å². The van der Waals surface area contributed by atoms with Crippen molar-refractivity contribution in [3.63, 3.8) is 0 Å². The molecular formula is C9H10N4OS. The Balaban J connectivity index is 2.45. The van der Waals surface area contributed by atoms with E-state index in [1.807, 2.05) is 12.4 Å². The quantitative estimate of drug-likeness (QED) is 0.821. The summed E-state index contributed by atoms with van der Waals surface area (Å²) in [5, 5.41) is 9.80. The van der Waals surface area contributed by atoms with E-state index in [1.165, 1.54) is 22.1 Å². The topological polar surface area (TPSA) is 59.8 Å². The smallest absolute Gasteiger partial charge is 0.266 e. The van der Waals surface area contributed by atoms with Gasteiger partial charge in [0.2, 0.25) is 0 Å². The average molecular weight is 222 g/mol. The fourth-order valence-corrected chi connectivity index (χ4v) is 1.81. The van der Waals surface area contributed by atoms with E-state index < -0.39 is 0 Å². The third kappa shape index (κ3) is 1.89. The maximum Gasteiger partial charge on any atom is 0.266 e. The van der Waals surface area contributed by atoms with E-state index in [0.717, 1.165) is 10.8 Å². The van der Waals surface area contributed by atoms with Crippen LogP contribution in [0.3, 0.4) is 0 Å². The lowest BCUT2D eigenvalue weighted by Gasteiger charge is -1.98. The van der Waals surface area contributed by atoms with Gasteiger partial charge < -0.3 is 5.32 Å². The van der Waals surface area contributed by atoms with E-state index >= 15 is 0 Å². The van der Waals surface area contributed by atoms with Crippen LogP contribution in [0.25, 0.3) is 11.4 Å². The maximum absolute atomic E-state index is 11.1. The number of thiazole rings is 1. The van der Waals surface area contributed by atoms with Gasteiger partial charge in [0, 0.05) is 25.5 Å². The van der Waals surface area contributed by atoms with Gasteiger partial charge in [0.05, 0.1) is 0 Å². The highest BCUT2D eigenvalue weighted by atomic mass is 32.1.